The summed E-state index contributed by atoms with van der Waals surface area (Å²) in [6.45, 7) is 8.09. The molecule has 110 valence electrons. The number of hydrogen-bond donors (Lipinski definition) is 2. The third-order valence-corrected chi connectivity index (χ3v) is 2.44. The maximum atomic E-state index is 11.4. The molecule has 0 saturated carbocycles. The Bertz CT molecular complexity index is 484. The number of ether oxygens (including phenoxy) is 1. The normalized spacial score (nSPS) is 13.6. The highest BCUT2D eigenvalue weighted by molar-refractivity contribution is 5.96. The Kier molecular flexibility index (Phi) is 6.99. The van der Waals surface area contributed by atoms with E-state index in [1.165, 1.54) is 19.9 Å². The lowest BCUT2D eigenvalue weighted by Gasteiger charge is -2.09. The highest BCUT2D eigenvalue weighted by Crippen LogP contribution is 2.17. The van der Waals surface area contributed by atoms with Crippen LogP contribution in [0, 0.1) is 5.92 Å². The van der Waals surface area contributed by atoms with E-state index in [9.17, 15) is 14.4 Å². The molecule has 0 aliphatic heterocycles. The lowest BCUT2D eigenvalue weighted by atomic mass is 9.96. The van der Waals surface area contributed by atoms with E-state index in [1.807, 2.05) is 0 Å². The summed E-state index contributed by atoms with van der Waals surface area (Å²) in [5.41, 5.74) is -0.215. The van der Waals surface area contributed by atoms with Crippen LogP contribution in [0.4, 0.5) is 0 Å². The van der Waals surface area contributed by atoms with Crippen LogP contribution < -0.4 is 0 Å². The van der Waals surface area contributed by atoms with Gasteiger partial charge in [0.2, 0.25) is 0 Å². The minimum Gasteiger partial charge on any atom is -0.478 e. The molecule has 0 aromatic rings. The van der Waals surface area contributed by atoms with Gasteiger partial charge in [-0.15, -0.1) is 0 Å². The van der Waals surface area contributed by atoms with Crippen molar-refractivity contribution in [2.24, 2.45) is 5.92 Å². The molecule has 0 aliphatic carbocycles. The van der Waals surface area contributed by atoms with E-state index >= 15 is 0 Å². The zero-order valence-electron chi connectivity index (χ0n) is 11.7. The molecule has 6 heteroatoms. The second-order valence-corrected chi connectivity index (χ2v) is 4.09. The first kappa shape index (κ1) is 17.6. The number of allylic oxidation sites excluding steroid dienone is 1. The molecule has 0 amide bonds. The predicted octanol–water partition coefficient (Wildman–Crippen LogP) is 1.78. The zero-order valence-corrected chi connectivity index (χ0v) is 11.7. The van der Waals surface area contributed by atoms with Crippen molar-refractivity contribution in [1.82, 2.24) is 0 Å². The van der Waals surface area contributed by atoms with Gasteiger partial charge in [0.1, 0.15) is 0 Å². The van der Waals surface area contributed by atoms with Crippen molar-refractivity contribution >= 4 is 17.9 Å². The number of carbonyl (C=O) groups excluding carboxylic acids is 1. The number of esters is 1. The van der Waals surface area contributed by atoms with Gasteiger partial charge in [-0.1, -0.05) is 19.6 Å². The third kappa shape index (κ3) is 5.51. The van der Waals surface area contributed by atoms with Crippen LogP contribution in [0.2, 0.25) is 0 Å². The van der Waals surface area contributed by atoms with Crippen molar-refractivity contribution in [2.75, 3.05) is 6.61 Å². The quantitative estimate of drug-likeness (QED) is 0.419. The van der Waals surface area contributed by atoms with Crippen molar-refractivity contribution in [3.63, 3.8) is 0 Å². The van der Waals surface area contributed by atoms with Gasteiger partial charge in [0.15, 0.2) is 0 Å². The molecule has 0 aromatic heterocycles. The third-order valence-electron chi connectivity index (χ3n) is 2.44. The summed E-state index contributed by atoms with van der Waals surface area (Å²) in [5, 5.41) is 17.9. The Morgan fingerprint density at radius 1 is 1.25 bits per heavy atom. The number of hydrogen-bond acceptors (Lipinski definition) is 4. The van der Waals surface area contributed by atoms with Crippen LogP contribution in [0.3, 0.4) is 0 Å². The molecule has 0 rings (SSSR count). The van der Waals surface area contributed by atoms with Crippen molar-refractivity contribution in [1.29, 1.82) is 0 Å². The maximum Gasteiger partial charge on any atom is 0.337 e. The van der Waals surface area contributed by atoms with Crippen LogP contribution in [0.15, 0.2) is 35.5 Å². The second kappa shape index (κ2) is 7.93. The molecule has 0 heterocycles. The Labute approximate surface area is 117 Å². The van der Waals surface area contributed by atoms with Crippen molar-refractivity contribution < 1.29 is 29.3 Å². The van der Waals surface area contributed by atoms with Crippen LogP contribution >= 0.6 is 0 Å². The number of aliphatic carboxylic acids is 2. The molecule has 20 heavy (non-hydrogen) atoms. The van der Waals surface area contributed by atoms with Gasteiger partial charge in [0.05, 0.1) is 12.2 Å². The molecule has 6 nitrogen and oxygen atoms in total. The Morgan fingerprint density at radius 2 is 1.80 bits per heavy atom. The highest BCUT2D eigenvalue weighted by Gasteiger charge is 2.18. The molecular formula is C14H18O6. The van der Waals surface area contributed by atoms with Crippen LogP contribution in [-0.2, 0) is 19.1 Å². The molecule has 0 saturated heterocycles. The monoisotopic (exact) mass is 282 g/mol. The van der Waals surface area contributed by atoms with Gasteiger partial charge in [-0.05, 0) is 19.9 Å². The molecule has 1 atom stereocenters. The van der Waals surface area contributed by atoms with Gasteiger partial charge in [-0.3, -0.25) is 0 Å². The van der Waals surface area contributed by atoms with E-state index in [1.54, 1.807) is 6.92 Å². The van der Waals surface area contributed by atoms with Gasteiger partial charge < -0.3 is 14.9 Å². The van der Waals surface area contributed by atoms with Gasteiger partial charge in [-0.2, -0.15) is 0 Å². The molecule has 0 spiro atoms. The van der Waals surface area contributed by atoms with Gasteiger partial charge in [0.25, 0.3) is 0 Å². The number of carboxylic acid groups (broad SMARTS) is 2. The van der Waals surface area contributed by atoms with Crippen LogP contribution in [0.5, 0.6) is 0 Å². The number of carbonyl (C=O) groups is 3. The number of carboxylic acids is 2. The zero-order chi connectivity index (χ0) is 15.9. The summed E-state index contributed by atoms with van der Waals surface area (Å²) in [6, 6.07) is 0. The summed E-state index contributed by atoms with van der Waals surface area (Å²) < 4.78 is 4.70. The largest absolute Gasteiger partial charge is 0.478 e. The van der Waals surface area contributed by atoms with E-state index in [2.05, 4.69) is 6.58 Å². The van der Waals surface area contributed by atoms with Crippen molar-refractivity contribution in [2.45, 2.75) is 20.8 Å². The fraction of sp³-hybridized carbons (Fsp3) is 0.357. The van der Waals surface area contributed by atoms with Crippen molar-refractivity contribution in [3.8, 4) is 0 Å². The first-order valence-electron chi connectivity index (χ1n) is 5.93. The SMILES string of the molecule is C=C(C=C(C(=O)O)C(C)C=C(C)C(=O)O)C(=O)OCC. The minimum absolute atomic E-state index is 0.0198. The maximum absolute atomic E-state index is 11.4. The first-order valence-corrected chi connectivity index (χ1v) is 5.93. The van der Waals surface area contributed by atoms with E-state index in [0.29, 0.717) is 0 Å². The van der Waals surface area contributed by atoms with E-state index in [0.717, 1.165) is 6.08 Å². The predicted molar refractivity (Wildman–Crippen MR) is 72.0 cm³/mol. The lowest BCUT2D eigenvalue weighted by molar-refractivity contribution is -0.138. The topological polar surface area (TPSA) is 101 Å². The summed E-state index contributed by atoms with van der Waals surface area (Å²) >= 11 is 0. The minimum atomic E-state index is -1.25. The van der Waals surface area contributed by atoms with Crippen LogP contribution in [0.1, 0.15) is 20.8 Å². The smallest absolute Gasteiger partial charge is 0.337 e. The molecule has 0 aromatic carbocycles. The Morgan fingerprint density at radius 3 is 2.20 bits per heavy atom. The summed E-state index contributed by atoms with van der Waals surface area (Å²) in [7, 11) is 0. The average Bonchev–Trinajstić information content (AvgIpc) is 2.34. The lowest BCUT2D eigenvalue weighted by Crippen LogP contribution is -2.12. The fourth-order valence-electron chi connectivity index (χ4n) is 1.39. The van der Waals surface area contributed by atoms with E-state index in [4.69, 9.17) is 14.9 Å². The molecule has 2 N–H and O–H groups in total. The highest BCUT2D eigenvalue weighted by atomic mass is 16.5. The Balaban J connectivity index is 5.31. The fourth-order valence-corrected chi connectivity index (χ4v) is 1.39. The molecule has 0 fully saturated rings. The van der Waals surface area contributed by atoms with Crippen LogP contribution in [-0.4, -0.2) is 34.7 Å². The summed E-state index contributed by atoms with van der Waals surface area (Å²) in [5.74, 6) is -3.78. The second-order valence-electron chi connectivity index (χ2n) is 4.09. The molecular weight excluding hydrogens is 264 g/mol. The molecule has 0 bridgehead atoms. The number of rotatable bonds is 7. The van der Waals surface area contributed by atoms with Crippen LogP contribution in [0.25, 0.3) is 0 Å². The summed E-state index contributed by atoms with van der Waals surface area (Å²) in [4.78, 5) is 33.3. The molecule has 0 aliphatic rings. The van der Waals surface area contributed by atoms with E-state index in [-0.39, 0.29) is 23.3 Å². The average molecular weight is 282 g/mol. The van der Waals surface area contributed by atoms with Gasteiger partial charge >= 0.3 is 17.9 Å². The standard InChI is InChI=1S/C14H18O6/c1-5-20-14(19)10(4)7-11(13(17)18)8(2)6-9(3)12(15)16/h6-8H,4-5H2,1-3H3,(H,15,16)(H,17,18). The first-order chi connectivity index (χ1) is 9.20. The van der Waals surface area contributed by atoms with Crippen molar-refractivity contribution in [3.05, 3.63) is 35.5 Å². The molecule has 1 unspecified atom stereocenters. The Hall–Kier alpha value is -2.37. The molecule has 0 radical (unpaired) electrons. The van der Waals surface area contributed by atoms with Gasteiger partial charge in [0, 0.05) is 17.1 Å². The van der Waals surface area contributed by atoms with Gasteiger partial charge in [-0.25, -0.2) is 14.4 Å². The van der Waals surface area contributed by atoms with E-state index < -0.39 is 23.8 Å². The summed E-state index contributed by atoms with van der Waals surface area (Å²) in [6.07, 6.45) is 2.39.